The number of carbonyl (C=O) groups is 1. The van der Waals surface area contributed by atoms with Crippen LogP contribution in [0.2, 0.25) is 0 Å². The number of rotatable bonds is 0. The second kappa shape index (κ2) is 2.32. The molecule has 0 spiro atoms. The fraction of sp³-hybridized carbons (Fsp3) is 0.222. The van der Waals surface area contributed by atoms with Crippen LogP contribution in [0.25, 0.3) is 0 Å². The molecule has 0 bridgehead atoms. The summed E-state index contributed by atoms with van der Waals surface area (Å²) in [4.78, 5) is 10.9. The molecule has 0 aromatic rings. The van der Waals surface area contributed by atoms with Crippen LogP contribution in [-0.2, 0) is 9.53 Å². The van der Waals surface area contributed by atoms with E-state index in [4.69, 9.17) is 4.74 Å². The zero-order chi connectivity index (χ0) is 8.72. The van der Waals surface area contributed by atoms with E-state index in [1.165, 1.54) is 0 Å². The fourth-order valence-electron chi connectivity index (χ4n) is 1.43. The van der Waals surface area contributed by atoms with E-state index in [0.717, 1.165) is 0 Å². The van der Waals surface area contributed by atoms with Crippen molar-refractivity contribution in [1.82, 2.24) is 0 Å². The van der Waals surface area contributed by atoms with Crippen molar-refractivity contribution in [3.05, 3.63) is 36.1 Å². The lowest BCUT2D eigenvalue weighted by molar-refractivity contribution is -0.142. The summed E-state index contributed by atoms with van der Waals surface area (Å²) in [5, 5.41) is 9.35. The van der Waals surface area contributed by atoms with Crippen molar-refractivity contribution >= 4 is 5.97 Å². The lowest BCUT2D eigenvalue weighted by Gasteiger charge is -2.14. The summed E-state index contributed by atoms with van der Waals surface area (Å²) < 4.78 is 4.81. The molecule has 1 heterocycles. The number of aliphatic hydroxyl groups excluding tert-OH is 1. The van der Waals surface area contributed by atoms with E-state index in [1.54, 1.807) is 18.2 Å². The van der Waals surface area contributed by atoms with Crippen LogP contribution >= 0.6 is 0 Å². The molecule has 0 amide bonds. The number of hydrogen-bond donors (Lipinski definition) is 1. The number of esters is 1. The quantitative estimate of drug-likeness (QED) is 0.531. The highest BCUT2D eigenvalue weighted by Gasteiger charge is 2.41. The van der Waals surface area contributed by atoms with Crippen LogP contribution in [0.1, 0.15) is 0 Å². The molecule has 2 unspecified atom stereocenters. The van der Waals surface area contributed by atoms with Crippen molar-refractivity contribution in [3.63, 3.8) is 0 Å². The molecule has 1 aliphatic heterocycles. The number of hydrogen-bond acceptors (Lipinski definition) is 3. The Bertz CT molecular complexity index is 312. The Morgan fingerprint density at radius 2 is 2.33 bits per heavy atom. The molecule has 0 radical (unpaired) electrons. The molecule has 1 saturated heterocycles. The Labute approximate surface area is 69.6 Å². The van der Waals surface area contributed by atoms with Crippen LogP contribution in [0.5, 0.6) is 0 Å². The maximum atomic E-state index is 10.9. The summed E-state index contributed by atoms with van der Waals surface area (Å²) in [6, 6.07) is 0. The maximum Gasteiger partial charge on any atom is 0.341 e. The first-order valence-corrected chi connectivity index (χ1v) is 3.67. The Morgan fingerprint density at radius 3 is 3.00 bits per heavy atom. The van der Waals surface area contributed by atoms with E-state index < -0.39 is 12.1 Å². The number of allylic oxidation sites excluding steroid dienone is 3. The molecular formula is C9H8O3. The molecule has 12 heavy (non-hydrogen) atoms. The van der Waals surface area contributed by atoms with Gasteiger partial charge < -0.3 is 9.84 Å². The Kier molecular flexibility index (Phi) is 1.41. The number of fused-ring (bicyclic) bond motifs is 1. The predicted molar refractivity (Wildman–Crippen MR) is 42.0 cm³/mol. The Morgan fingerprint density at radius 1 is 1.58 bits per heavy atom. The zero-order valence-electron chi connectivity index (χ0n) is 6.36. The predicted octanol–water partition coefficient (Wildman–Crippen LogP) is 0.530. The Hall–Kier alpha value is -1.35. The van der Waals surface area contributed by atoms with Crippen molar-refractivity contribution in [1.29, 1.82) is 0 Å². The van der Waals surface area contributed by atoms with E-state index in [9.17, 15) is 9.90 Å². The van der Waals surface area contributed by atoms with Crippen molar-refractivity contribution < 1.29 is 14.6 Å². The third-order valence-corrected chi connectivity index (χ3v) is 2.05. The molecule has 3 nitrogen and oxygen atoms in total. The number of carbonyl (C=O) groups excluding carboxylic acids is 1. The minimum absolute atomic E-state index is 0.359. The van der Waals surface area contributed by atoms with E-state index in [0.29, 0.717) is 11.3 Å². The van der Waals surface area contributed by atoms with Gasteiger partial charge in [-0.05, 0) is 11.6 Å². The molecule has 62 valence electrons. The standard InChI is InChI=1S/C9H8O3/c1-5-3-2-4-6-7(5)8(10)9(11)12-6/h2-4,7-8,10H,1H2. The highest BCUT2D eigenvalue weighted by atomic mass is 16.6. The first-order valence-electron chi connectivity index (χ1n) is 3.67. The molecule has 0 aromatic heterocycles. The minimum atomic E-state index is -1.08. The third kappa shape index (κ3) is 0.833. The van der Waals surface area contributed by atoms with E-state index in [-0.39, 0.29) is 5.92 Å². The summed E-state index contributed by atoms with van der Waals surface area (Å²) in [7, 11) is 0. The zero-order valence-corrected chi connectivity index (χ0v) is 6.36. The van der Waals surface area contributed by atoms with Gasteiger partial charge in [-0.2, -0.15) is 0 Å². The van der Waals surface area contributed by atoms with Gasteiger partial charge in [-0.1, -0.05) is 18.7 Å². The molecule has 2 rings (SSSR count). The summed E-state index contributed by atoms with van der Waals surface area (Å²) in [6.45, 7) is 3.72. The molecule has 3 heteroatoms. The van der Waals surface area contributed by atoms with Crippen LogP contribution in [0.3, 0.4) is 0 Å². The van der Waals surface area contributed by atoms with Crippen molar-refractivity contribution in [3.8, 4) is 0 Å². The van der Waals surface area contributed by atoms with Gasteiger partial charge in [0.05, 0.1) is 5.92 Å². The summed E-state index contributed by atoms with van der Waals surface area (Å²) in [5.74, 6) is -0.446. The first kappa shape index (κ1) is 7.31. The van der Waals surface area contributed by atoms with Gasteiger partial charge >= 0.3 is 5.97 Å². The normalized spacial score (nSPS) is 32.9. The van der Waals surface area contributed by atoms with E-state index in [2.05, 4.69) is 6.58 Å². The van der Waals surface area contributed by atoms with Gasteiger partial charge in [0.2, 0.25) is 0 Å². The molecule has 0 aromatic carbocycles. The molecule has 1 aliphatic carbocycles. The summed E-state index contributed by atoms with van der Waals surface area (Å²) in [5.41, 5.74) is 0.714. The average molecular weight is 164 g/mol. The van der Waals surface area contributed by atoms with E-state index >= 15 is 0 Å². The summed E-state index contributed by atoms with van der Waals surface area (Å²) in [6.07, 6.45) is 4.11. The summed E-state index contributed by atoms with van der Waals surface area (Å²) >= 11 is 0. The van der Waals surface area contributed by atoms with Gasteiger partial charge in [0.15, 0.2) is 6.10 Å². The van der Waals surface area contributed by atoms with Crippen LogP contribution in [0.4, 0.5) is 0 Å². The molecule has 0 saturated carbocycles. The number of ether oxygens (including phenoxy) is 1. The van der Waals surface area contributed by atoms with Crippen molar-refractivity contribution in [2.45, 2.75) is 6.10 Å². The average Bonchev–Trinajstić information content (AvgIpc) is 2.29. The van der Waals surface area contributed by atoms with Crippen LogP contribution in [-0.4, -0.2) is 17.2 Å². The fourth-order valence-corrected chi connectivity index (χ4v) is 1.43. The maximum absolute atomic E-state index is 10.9. The van der Waals surface area contributed by atoms with Gasteiger partial charge in [-0.3, -0.25) is 0 Å². The molecule has 2 aliphatic rings. The highest BCUT2D eigenvalue weighted by Crippen LogP contribution is 2.34. The van der Waals surface area contributed by atoms with Crippen molar-refractivity contribution in [2.75, 3.05) is 0 Å². The lowest BCUT2D eigenvalue weighted by Crippen LogP contribution is -2.22. The van der Waals surface area contributed by atoms with Crippen molar-refractivity contribution in [2.24, 2.45) is 5.92 Å². The Balaban J connectivity index is 2.40. The van der Waals surface area contributed by atoms with Gasteiger partial charge in [-0.15, -0.1) is 0 Å². The molecular weight excluding hydrogens is 156 g/mol. The third-order valence-electron chi connectivity index (χ3n) is 2.05. The monoisotopic (exact) mass is 164 g/mol. The second-order valence-corrected chi connectivity index (χ2v) is 2.85. The van der Waals surface area contributed by atoms with E-state index in [1.807, 2.05) is 0 Å². The van der Waals surface area contributed by atoms with Crippen LogP contribution in [0, 0.1) is 5.92 Å². The SMILES string of the molecule is C=C1C=CC=C2OC(=O)C(O)C12. The largest absolute Gasteiger partial charge is 0.428 e. The van der Waals surface area contributed by atoms with Gasteiger partial charge in [0.1, 0.15) is 5.76 Å². The smallest absolute Gasteiger partial charge is 0.341 e. The minimum Gasteiger partial charge on any atom is -0.428 e. The lowest BCUT2D eigenvalue weighted by atomic mass is 9.91. The topological polar surface area (TPSA) is 46.5 Å². The molecule has 1 fully saturated rings. The highest BCUT2D eigenvalue weighted by molar-refractivity contribution is 5.81. The van der Waals surface area contributed by atoms with Crippen LogP contribution in [0.15, 0.2) is 36.1 Å². The second-order valence-electron chi connectivity index (χ2n) is 2.85. The van der Waals surface area contributed by atoms with Gasteiger partial charge in [0.25, 0.3) is 0 Å². The van der Waals surface area contributed by atoms with Crippen LogP contribution < -0.4 is 0 Å². The molecule has 1 N–H and O–H groups in total. The van der Waals surface area contributed by atoms with Gasteiger partial charge in [0, 0.05) is 0 Å². The molecule has 2 atom stereocenters. The first-order chi connectivity index (χ1) is 5.70. The van der Waals surface area contributed by atoms with Gasteiger partial charge in [-0.25, -0.2) is 4.79 Å². The number of aliphatic hydroxyl groups is 1.